The summed E-state index contributed by atoms with van der Waals surface area (Å²) in [5, 5.41) is 15.3. The molecule has 0 bridgehead atoms. The molecule has 1 heterocycles. The molecule has 2 aromatic carbocycles. The quantitative estimate of drug-likeness (QED) is 0.664. The number of aliphatic hydroxyl groups excluding tert-OH is 1. The molecule has 2 aromatic rings. The number of fused-ring (bicyclic) bond motifs is 1. The van der Waals surface area contributed by atoms with Gasteiger partial charge in [-0.3, -0.25) is 9.59 Å². The summed E-state index contributed by atoms with van der Waals surface area (Å²) < 4.78 is 10.5. The fourth-order valence-corrected chi connectivity index (χ4v) is 2.72. The number of halogens is 1. The maximum atomic E-state index is 12.2. The summed E-state index contributed by atoms with van der Waals surface area (Å²) in [5.74, 6) is 0.370. The van der Waals surface area contributed by atoms with E-state index in [2.05, 4.69) is 10.6 Å². The summed E-state index contributed by atoms with van der Waals surface area (Å²) >= 11 is 5.82. The van der Waals surface area contributed by atoms with E-state index in [-0.39, 0.29) is 25.7 Å². The van der Waals surface area contributed by atoms with Crippen LogP contribution in [0.2, 0.25) is 5.02 Å². The molecular weight excluding hydrogens is 372 g/mol. The topological polar surface area (TPSA) is 96.9 Å². The number of hydrogen-bond donors (Lipinski definition) is 3. The number of hydrogen-bond acceptors (Lipinski definition) is 5. The first kappa shape index (κ1) is 19.0. The standard InChI is InChI=1S/C19H19ClN2O5/c20-14-4-1-12(2-5-14)9-21-19(25)15(10-23)22-18(24)8-13-3-6-16-17(7-13)27-11-26-16/h1-7,15,23H,8-11H2,(H,21,25)(H,22,24)/t15-/m0/s1. The zero-order valence-electron chi connectivity index (χ0n) is 14.4. The molecule has 3 rings (SSSR count). The predicted octanol–water partition coefficient (Wildman–Crippen LogP) is 1.40. The van der Waals surface area contributed by atoms with Crippen molar-refractivity contribution in [2.75, 3.05) is 13.4 Å². The van der Waals surface area contributed by atoms with E-state index in [9.17, 15) is 14.7 Å². The molecular formula is C19H19ClN2O5. The summed E-state index contributed by atoms with van der Waals surface area (Å²) in [7, 11) is 0. The first-order valence-electron chi connectivity index (χ1n) is 8.36. The van der Waals surface area contributed by atoms with Gasteiger partial charge in [0.05, 0.1) is 13.0 Å². The highest BCUT2D eigenvalue weighted by Gasteiger charge is 2.20. The van der Waals surface area contributed by atoms with Crippen LogP contribution in [0.3, 0.4) is 0 Å². The van der Waals surface area contributed by atoms with E-state index >= 15 is 0 Å². The third kappa shape index (κ3) is 5.12. The van der Waals surface area contributed by atoms with Crippen molar-refractivity contribution >= 4 is 23.4 Å². The molecule has 142 valence electrons. The molecule has 1 aliphatic rings. The number of nitrogens with one attached hydrogen (secondary N) is 2. The lowest BCUT2D eigenvalue weighted by Gasteiger charge is -2.16. The van der Waals surface area contributed by atoms with E-state index in [0.29, 0.717) is 16.5 Å². The third-order valence-corrected chi connectivity index (χ3v) is 4.27. The van der Waals surface area contributed by atoms with Crippen LogP contribution >= 0.6 is 11.6 Å². The van der Waals surface area contributed by atoms with E-state index in [0.717, 1.165) is 11.1 Å². The molecule has 0 spiro atoms. The molecule has 0 radical (unpaired) electrons. The van der Waals surface area contributed by atoms with Crippen LogP contribution < -0.4 is 20.1 Å². The van der Waals surface area contributed by atoms with Crippen LogP contribution in [0.25, 0.3) is 0 Å². The van der Waals surface area contributed by atoms with Gasteiger partial charge in [0.2, 0.25) is 18.6 Å². The predicted molar refractivity (Wildman–Crippen MR) is 98.6 cm³/mol. The van der Waals surface area contributed by atoms with Gasteiger partial charge >= 0.3 is 0 Å². The van der Waals surface area contributed by atoms with Gasteiger partial charge in [0.15, 0.2) is 11.5 Å². The zero-order chi connectivity index (χ0) is 19.2. The lowest BCUT2D eigenvalue weighted by molar-refractivity contribution is -0.129. The summed E-state index contributed by atoms with van der Waals surface area (Å²) in [5.41, 5.74) is 1.58. The zero-order valence-corrected chi connectivity index (χ0v) is 15.2. The summed E-state index contributed by atoms with van der Waals surface area (Å²) in [4.78, 5) is 24.4. The summed E-state index contributed by atoms with van der Waals surface area (Å²) in [6.45, 7) is -0.0742. The van der Waals surface area contributed by atoms with Crippen LogP contribution in [0, 0.1) is 0 Å². The average Bonchev–Trinajstić information content (AvgIpc) is 3.13. The van der Waals surface area contributed by atoms with E-state index in [4.69, 9.17) is 21.1 Å². The Morgan fingerprint density at radius 3 is 2.52 bits per heavy atom. The number of aliphatic hydroxyl groups is 1. The molecule has 7 nitrogen and oxygen atoms in total. The molecule has 27 heavy (non-hydrogen) atoms. The van der Waals surface area contributed by atoms with E-state index < -0.39 is 18.6 Å². The molecule has 0 saturated heterocycles. The van der Waals surface area contributed by atoms with E-state index in [1.54, 1.807) is 42.5 Å². The maximum absolute atomic E-state index is 12.2. The van der Waals surface area contributed by atoms with Crippen molar-refractivity contribution in [3.8, 4) is 11.5 Å². The molecule has 0 unspecified atom stereocenters. The van der Waals surface area contributed by atoms with Gasteiger partial charge in [-0.25, -0.2) is 0 Å². The maximum Gasteiger partial charge on any atom is 0.245 e. The highest BCUT2D eigenvalue weighted by Crippen LogP contribution is 2.32. The van der Waals surface area contributed by atoms with E-state index in [1.165, 1.54) is 0 Å². The van der Waals surface area contributed by atoms with Gasteiger partial charge < -0.3 is 25.2 Å². The number of ether oxygens (including phenoxy) is 2. The lowest BCUT2D eigenvalue weighted by atomic mass is 10.1. The molecule has 0 saturated carbocycles. The van der Waals surface area contributed by atoms with Crippen molar-refractivity contribution in [2.45, 2.75) is 19.0 Å². The van der Waals surface area contributed by atoms with Gasteiger partial charge in [-0.15, -0.1) is 0 Å². The SMILES string of the molecule is O=C(Cc1ccc2c(c1)OCO2)N[C@@H](CO)C(=O)NCc1ccc(Cl)cc1. The Kier molecular flexibility index (Phi) is 6.16. The van der Waals surface area contributed by atoms with Gasteiger partial charge in [-0.2, -0.15) is 0 Å². The minimum atomic E-state index is -1.03. The normalized spacial score (nSPS) is 13.1. The van der Waals surface area contributed by atoms with Crippen molar-refractivity contribution in [3.05, 3.63) is 58.6 Å². The minimum absolute atomic E-state index is 0.0532. The Bertz CT molecular complexity index is 825. The van der Waals surface area contributed by atoms with Crippen molar-refractivity contribution in [1.29, 1.82) is 0 Å². The van der Waals surface area contributed by atoms with Gasteiger partial charge in [0.25, 0.3) is 0 Å². The number of benzene rings is 2. The van der Waals surface area contributed by atoms with Crippen molar-refractivity contribution in [1.82, 2.24) is 10.6 Å². The number of carbonyl (C=O) groups excluding carboxylic acids is 2. The first-order chi connectivity index (χ1) is 13.0. The lowest BCUT2D eigenvalue weighted by Crippen LogP contribution is -2.49. The van der Waals surface area contributed by atoms with Crippen LogP contribution in [0.4, 0.5) is 0 Å². The van der Waals surface area contributed by atoms with Gasteiger partial charge in [0.1, 0.15) is 6.04 Å². The van der Waals surface area contributed by atoms with E-state index in [1.807, 2.05) is 0 Å². The van der Waals surface area contributed by atoms with Gasteiger partial charge in [-0.1, -0.05) is 29.8 Å². The fraction of sp³-hybridized carbons (Fsp3) is 0.263. The number of carbonyl (C=O) groups is 2. The Hall–Kier alpha value is -2.77. The van der Waals surface area contributed by atoms with Crippen LogP contribution in [0.15, 0.2) is 42.5 Å². The second-order valence-electron chi connectivity index (χ2n) is 6.01. The van der Waals surface area contributed by atoms with Crippen LogP contribution in [-0.4, -0.2) is 36.4 Å². The van der Waals surface area contributed by atoms with Gasteiger partial charge in [0, 0.05) is 11.6 Å². The van der Waals surface area contributed by atoms with Crippen LogP contribution in [0.1, 0.15) is 11.1 Å². The average molecular weight is 391 g/mol. The van der Waals surface area contributed by atoms with Crippen LogP contribution in [0.5, 0.6) is 11.5 Å². The Balaban J connectivity index is 1.51. The van der Waals surface area contributed by atoms with Crippen LogP contribution in [-0.2, 0) is 22.6 Å². The third-order valence-electron chi connectivity index (χ3n) is 4.02. The Morgan fingerprint density at radius 1 is 1.07 bits per heavy atom. The molecule has 0 fully saturated rings. The monoisotopic (exact) mass is 390 g/mol. The molecule has 3 N–H and O–H groups in total. The van der Waals surface area contributed by atoms with Crippen molar-refractivity contribution in [3.63, 3.8) is 0 Å². The van der Waals surface area contributed by atoms with Gasteiger partial charge in [-0.05, 0) is 35.4 Å². The Labute approximate surface area is 161 Å². The van der Waals surface area contributed by atoms with Crippen molar-refractivity contribution in [2.24, 2.45) is 0 Å². The number of rotatable bonds is 7. The first-order valence-corrected chi connectivity index (χ1v) is 8.74. The fourth-order valence-electron chi connectivity index (χ4n) is 2.59. The second-order valence-corrected chi connectivity index (χ2v) is 6.45. The molecule has 2 amide bonds. The Morgan fingerprint density at radius 2 is 1.78 bits per heavy atom. The highest BCUT2D eigenvalue weighted by molar-refractivity contribution is 6.30. The second kappa shape index (κ2) is 8.75. The molecule has 1 atom stereocenters. The minimum Gasteiger partial charge on any atom is -0.454 e. The summed E-state index contributed by atoms with van der Waals surface area (Å²) in [6, 6.07) is 11.2. The molecule has 0 aliphatic carbocycles. The number of amides is 2. The van der Waals surface area contributed by atoms with Crippen molar-refractivity contribution < 1.29 is 24.2 Å². The largest absolute Gasteiger partial charge is 0.454 e. The summed E-state index contributed by atoms with van der Waals surface area (Å²) in [6.07, 6.45) is 0.0532. The molecule has 0 aromatic heterocycles. The highest BCUT2D eigenvalue weighted by atomic mass is 35.5. The molecule has 1 aliphatic heterocycles. The smallest absolute Gasteiger partial charge is 0.245 e. The molecule has 8 heteroatoms.